The fraction of sp³-hybridized carbons (Fsp3) is 0.417. The molecule has 0 unspecified atom stereocenters. The summed E-state index contributed by atoms with van der Waals surface area (Å²) < 4.78 is 2.54. The summed E-state index contributed by atoms with van der Waals surface area (Å²) in [4.78, 5) is 18.7. The summed E-state index contributed by atoms with van der Waals surface area (Å²) in [6, 6.07) is 0.377. The molecule has 0 spiro atoms. The van der Waals surface area contributed by atoms with Gasteiger partial charge in [-0.2, -0.15) is 0 Å². The minimum Gasteiger partial charge on any atom is -0.365 e. The van der Waals surface area contributed by atoms with Crippen LogP contribution in [0.25, 0.3) is 11.0 Å². The Kier molecular flexibility index (Phi) is 2.93. The number of rotatable bonds is 2. The molecule has 0 bridgehead atoms. The van der Waals surface area contributed by atoms with Gasteiger partial charge in [-0.15, -0.1) is 0 Å². The number of carbonyl (C=O) groups is 1. The fourth-order valence-electron chi connectivity index (χ4n) is 2.81. The van der Waals surface area contributed by atoms with Gasteiger partial charge in [0.15, 0.2) is 5.49 Å². The number of primary amides is 1. The number of aromatic amines is 1. The van der Waals surface area contributed by atoms with Crippen molar-refractivity contribution < 1.29 is 4.79 Å². The summed E-state index contributed by atoms with van der Waals surface area (Å²) in [5.41, 5.74) is 6.51. The van der Waals surface area contributed by atoms with E-state index in [1.54, 1.807) is 6.33 Å². The minimum absolute atomic E-state index is 0.0694. The van der Waals surface area contributed by atoms with Gasteiger partial charge in [0.05, 0.1) is 21.9 Å². The van der Waals surface area contributed by atoms with Crippen molar-refractivity contribution in [1.29, 1.82) is 5.41 Å². The summed E-state index contributed by atoms with van der Waals surface area (Å²) in [6.45, 7) is 0. The van der Waals surface area contributed by atoms with Crippen LogP contribution < -0.4 is 11.2 Å². The first-order valence-electron chi connectivity index (χ1n) is 6.22. The van der Waals surface area contributed by atoms with Gasteiger partial charge in [-0.1, -0.05) is 12.8 Å². The highest BCUT2D eigenvalue weighted by atomic mass is 79.9. The summed E-state index contributed by atoms with van der Waals surface area (Å²) in [7, 11) is 0. The number of aromatic nitrogens is 3. The lowest BCUT2D eigenvalue weighted by Crippen LogP contribution is -2.18. The van der Waals surface area contributed by atoms with Crippen LogP contribution in [0, 0.1) is 5.41 Å². The van der Waals surface area contributed by atoms with Gasteiger partial charge < -0.3 is 15.3 Å². The second kappa shape index (κ2) is 4.48. The van der Waals surface area contributed by atoms with E-state index in [1.165, 1.54) is 12.8 Å². The fourth-order valence-corrected chi connectivity index (χ4v) is 3.40. The van der Waals surface area contributed by atoms with Crippen molar-refractivity contribution >= 4 is 32.9 Å². The Balaban J connectivity index is 2.32. The Morgan fingerprint density at radius 1 is 1.53 bits per heavy atom. The summed E-state index contributed by atoms with van der Waals surface area (Å²) >= 11 is 3.31. The molecule has 1 saturated carbocycles. The molecular formula is C12H14BrN5O. The third-order valence-corrected chi connectivity index (χ3v) is 4.30. The lowest BCUT2D eigenvalue weighted by atomic mass is 10.2. The van der Waals surface area contributed by atoms with Crippen LogP contribution in [-0.2, 0) is 0 Å². The maximum Gasteiger partial charge on any atom is 0.252 e. The second-order valence-electron chi connectivity index (χ2n) is 4.84. The molecule has 1 aliphatic carbocycles. The average Bonchev–Trinajstić information content (AvgIpc) is 2.96. The van der Waals surface area contributed by atoms with E-state index in [0.717, 1.165) is 18.5 Å². The molecule has 0 aliphatic heterocycles. The zero-order valence-electron chi connectivity index (χ0n) is 10.2. The number of hydrogen-bond donors (Lipinski definition) is 3. The maximum absolute atomic E-state index is 11.5. The Bertz CT molecular complexity index is 711. The monoisotopic (exact) mass is 323 g/mol. The summed E-state index contributed by atoms with van der Waals surface area (Å²) in [6.07, 6.45) is 6.27. The molecule has 6 nitrogen and oxygen atoms in total. The second-order valence-corrected chi connectivity index (χ2v) is 5.63. The predicted octanol–water partition coefficient (Wildman–Crippen LogP) is 1.82. The number of nitrogens with two attached hydrogens (primary N) is 1. The molecular weight excluding hydrogens is 310 g/mol. The zero-order chi connectivity index (χ0) is 13.6. The third-order valence-electron chi connectivity index (χ3n) is 3.71. The van der Waals surface area contributed by atoms with E-state index < -0.39 is 5.91 Å². The van der Waals surface area contributed by atoms with Gasteiger partial charge >= 0.3 is 0 Å². The van der Waals surface area contributed by atoms with Crippen LogP contribution in [-0.4, -0.2) is 20.4 Å². The van der Waals surface area contributed by atoms with Crippen molar-refractivity contribution in [3.8, 4) is 0 Å². The van der Waals surface area contributed by atoms with E-state index in [4.69, 9.17) is 11.1 Å². The quantitative estimate of drug-likeness (QED) is 0.785. The Morgan fingerprint density at radius 3 is 2.84 bits per heavy atom. The van der Waals surface area contributed by atoms with Crippen LogP contribution in [0.3, 0.4) is 0 Å². The Morgan fingerprint density at radius 2 is 2.21 bits per heavy atom. The standard InChI is InChI=1S/C12H14BrN5O/c13-9-7(11(15)19)8-10(14)16-5-18(12(8)17-9)6-3-1-2-4-6/h5-6,14,17H,1-4H2,(H2,15,19). The molecule has 2 aromatic rings. The Hall–Kier alpha value is -1.63. The third kappa shape index (κ3) is 1.88. The molecule has 0 saturated heterocycles. The van der Waals surface area contributed by atoms with Crippen LogP contribution >= 0.6 is 15.9 Å². The van der Waals surface area contributed by atoms with Crippen LogP contribution in [0.5, 0.6) is 0 Å². The van der Waals surface area contributed by atoms with E-state index >= 15 is 0 Å². The van der Waals surface area contributed by atoms with Crippen molar-refractivity contribution in [1.82, 2.24) is 14.5 Å². The number of fused-ring (bicyclic) bond motifs is 1. The van der Waals surface area contributed by atoms with Crippen molar-refractivity contribution in [2.75, 3.05) is 0 Å². The lowest BCUT2D eigenvalue weighted by molar-refractivity contribution is 0.100. The van der Waals surface area contributed by atoms with Gasteiger partial charge in [-0.3, -0.25) is 10.2 Å². The van der Waals surface area contributed by atoms with Gasteiger partial charge in [0, 0.05) is 6.04 Å². The van der Waals surface area contributed by atoms with Crippen LogP contribution in [0.15, 0.2) is 10.9 Å². The molecule has 19 heavy (non-hydrogen) atoms. The number of amides is 1. The number of carbonyl (C=O) groups excluding carboxylic acids is 1. The molecule has 100 valence electrons. The topological polar surface area (TPSA) is 101 Å². The summed E-state index contributed by atoms with van der Waals surface area (Å²) in [5, 5.41) is 8.40. The van der Waals surface area contributed by atoms with Crippen molar-refractivity contribution in [3.05, 3.63) is 22.0 Å². The molecule has 7 heteroatoms. The number of H-pyrrole nitrogens is 1. The van der Waals surface area contributed by atoms with E-state index in [-0.39, 0.29) is 5.49 Å². The normalized spacial score (nSPS) is 16.3. The number of halogens is 1. The lowest BCUT2D eigenvalue weighted by Gasteiger charge is -2.14. The first kappa shape index (κ1) is 12.4. The molecule has 0 radical (unpaired) electrons. The van der Waals surface area contributed by atoms with Crippen molar-refractivity contribution in [3.63, 3.8) is 0 Å². The van der Waals surface area contributed by atoms with Crippen molar-refractivity contribution in [2.45, 2.75) is 31.7 Å². The smallest absolute Gasteiger partial charge is 0.252 e. The molecule has 3 rings (SSSR count). The molecule has 1 amide bonds. The highest BCUT2D eigenvalue weighted by Crippen LogP contribution is 2.32. The van der Waals surface area contributed by atoms with E-state index in [2.05, 4.69) is 25.9 Å². The highest BCUT2D eigenvalue weighted by molar-refractivity contribution is 9.10. The first-order chi connectivity index (χ1) is 9.09. The maximum atomic E-state index is 11.5. The van der Waals surface area contributed by atoms with Crippen LogP contribution in [0.1, 0.15) is 42.1 Å². The van der Waals surface area contributed by atoms with E-state index in [1.807, 2.05) is 4.57 Å². The van der Waals surface area contributed by atoms with Crippen LogP contribution in [0.4, 0.5) is 0 Å². The Labute approximate surface area is 117 Å². The number of nitrogens with one attached hydrogen (secondary N) is 2. The van der Waals surface area contributed by atoms with Crippen molar-refractivity contribution in [2.24, 2.45) is 5.73 Å². The molecule has 0 aromatic carbocycles. The van der Waals surface area contributed by atoms with E-state index in [9.17, 15) is 4.79 Å². The average molecular weight is 324 g/mol. The predicted molar refractivity (Wildman–Crippen MR) is 73.7 cm³/mol. The summed E-state index contributed by atoms with van der Waals surface area (Å²) in [5.74, 6) is -0.558. The number of nitrogens with zero attached hydrogens (tertiary/aromatic N) is 2. The van der Waals surface area contributed by atoms with Gasteiger partial charge in [-0.25, -0.2) is 4.98 Å². The highest BCUT2D eigenvalue weighted by Gasteiger charge is 2.23. The first-order valence-corrected chi connectivity index (χ1v) is 7.01. The van der Waals surface area contributed by atoms with Crippen LogP contribution in [0.2, 0.25) is 0 Å². The largest absolute Gasteiger partial charge is 0.365 e. The van der Waals surface area contributed by atoms with E-state index in [0.29, 0.717) is 21.6 Å². The number of hydrogen-bond acceptors (Lipinski definition) is 3. The molecule has 2 aromatic heterocycles. The molecule has 1 fully saturated rings. The molecule has 4 N–H and O–H groups in total. The molecule has 0 atom stereocenters. The minimum atomic E-state index is -0.558. The van der Waals surface area contributed by atoms with Gasteiger partial charge in [0.1, 0.15) is 5.65 Å². The zero-order valence-corrected chi connectivity index (χ0v) is 11.8. The van der Waals surface area contributed by atoms with Gasteiger partial charge in [-0.05, 0) is 28.8 Å². The molecule has 1 aliphatic rings. The van der Waals surface area contributed by atoms with Gasteiger partial charge in [0.2, 0.25) is 0 Å². The SMILES string of the molecule is N=c1ncn(C2CCCC2)c2[nH]c(Br)c(C(N)=O)c12. The molecule has 2 heterocycles. The van der Waals surface area contributed by atoms with Gasteiger partial charge in [0.25, 0.3) is 5.91 Å².